The number of hydrogen-bond donors (Lipinski definition) is 1. The van der Waals surface area contributed by atoms with Crippen LogP contribution in [0.2, 0.25) is 0 Å². The molecule has 17 heavy (non-hydrogen) atoms. The van der Waals surface area contributed by atoms with Gasteiger partial charge < -0.3 is 5.32 Å². The van der Waals surface area contributed by atoms with Crippen LogP contribution in [0.15, 0.2) is 24.3 Å². The lowest BCUT2D eigenvalue weighted by molar-refractivity contribution is 0.199. The van der Waals surface area contributed by atoms with Crippen LogP contribution in [0.3, 0.4) is 0 Å². The average Bonchev–Trinajstić information content (AvgIpc) is 2.67. The van der Waals surface area contributed by atoms with E-state index < -0.39 is 0 Å². The van der Waals surface area contributed by atoms with E-state index in [0.717, 1.165) is 12.5 Å². The molecule has 1 N–H and O–H groups in total. The first-order valence-corrected chi connectivity index (χ1v) is 6.82. The Bertz CT molecular complexity index is 350. The van der Waals surface area contributed by atoms with E-state index >= 15 is 0 Å². The molecule has 2 rings (SSSR count). The first kappa shape index (κ1) is 12.6. The topological polar surface area (TPSA) is 12.0 Å². The number of fused-ring (bicyclic) bond motifs is 1. The summed E-state index contributed by atoms with van der Waals surface area (Å²) in [6.45, 7) is 10.3. The van der Waals surface area contributed by atoms with Crippen molar-refractivity contribution in [2.45, 2.75) is 46.6 Å². The van der Waals surface area contributed by atoms with Crippen LogP contribution >= 0.6 is 0 Å². The van der Waals surface area contributed by atoms with Gasteiger partial charge in [-0.15, -0.1) is 0 Å². The Balaban J connectivity index is 2.14. The van der Waals surface area contributed by atoms with E-state index in [4.69, 9.17) is 0 Å². The molecule has 94 valence electrons. The molecule has 0 spiro atoms. The molecule has 1 unspecified atom stereocenters. The third kappa shape index (κ3) is 2.71. The molecule has 0 heterocycles. The molecule has 1 aromatic rings. The van der Waals surface area contributed by atoms with Gasteiger partial charge >= 0.3 is 0 Å². The van der Waals surface area contributed by atoms with Crippen LogP contribution in [-0.2, 0) is 12.8 Å². The molecule has 1 aromatic carbocycles. The summed E-state index contributed by atoms with van der Waals surface area (Å²) in [4.78, 5) is 0. The smallest absolute Gasteiger partial charge is 0.0150 e. The van der Waals surface area contributed by atoms with E-state index in [0.29, 0.717) is 11.5 Å². The van der Waals surface area contributed by atoms with Crippen molar-refractivity contribution >= 4 is 0 Å². The number of nitrogens with one attached hydrogen (secondary N) is 1. The van der Waals surface area contributed by atoms with E-state index in [1.807, 2.05) is 0 Å². The summed E-state index contributed by atoms with van der Waals surface area (Å²) in [5.74, 6) is 0.757. The fraction of sp³-hybridized carbons (Fsp3) is 0.625. The van der Waals surface area contributed by atoms with Crippen molar-refractivity contribution in [3.8, 4) is 0 Å². The maximum absolute atomic E-state index is 3.70. The zero-order chi connectivity index (χ0) is 12.5. The first-order valence-electron chi connectivity index (χ1n) is 6.82. The van der Waals surface area contributed by atoms with E-state index in [2.05, 4.69) is 57.3 Å². The molecule has 1 aliphatic carbocycles. The molecule has 0 saturated heterocycles. The zero-order valence-electron chi connectivity index (χ0n) is 11.6. The van der Waals surface area contributed by atoms with Crippen molar-refractivity contribution in [2.75, 3.05) is 6.54 Å². The van der Waals surface area contributed by atoms with Gasteiger partial charge in [-0.25, -0.2) is 0 Å². The molecule has 1 aliphatic rings. The highest BCUT2D eigenvalue weighted by Crippen LogP contribution is 2.35. The van der Waals surface area contributed by atoms with E-state index in [9.17, 15) is 0 Å². The Morgan fingerprint density at radius 1 is 1.18 bits per heavy atom. The van der Waals surface area contributed by atoms with Crippen LogP contribution in [0.25, 0.3) is 0 Å². The summed E-state index contributed by atoms with van der Waals surface area (Å²) < 4.78 is 0. The molecule has 0 aliphatic heterocycles. The molecular formula is C16H25N. The summed E-state index contributed by atoms with van der Waals surface area (Å²) in [6, 6.07) is 9.53. The predicted octanol–water partition coefficient (Wildman–Crippen LogP) is 3.43. The Morgan fingerprint density at radius 2 is 1.71 bits per heavy atom. The molecule has 0 saturated carbocycles. The number of benzene rings is 1. The van der Waals surface area contributed by atoms with Crippen LogP contribution in [0.4, 0.5) is 0 Å². The highest BCUT2D eigenvalue weighted by Gasteiger charge is 2.34. The maximum atomic E-state index is 3.70. The summed E-state index contributed by atoms with van der Waals surface area (Å²) in [5, 5.41) is 3.70. The SMILES string of the molecule is CCNC(C1Cc2ccccc2C1)C(C)(C)C. The minimum absolute atomic E-state index is 0.336. The van der Waals surface area contributed by atoms with E-state index in [1.165, 1.54) is 12.8 Å². The average molecular weight is 231 g/mol. The molecule has 0 bridgehead atoms. The minimum atomic E-state index is 0.336. The van der Waals surface area contributed by atoms with Crippen LogP contribution in [0, 0.1) is 11.3 Å². The Hall–Kier alpha value is -0.820. The molecular weight excluding hydrogens is 206 g/mol. The van der Waals surface area contributed by atoms with Gasteiger partial charge in [-0.1, -0.05) is 52.0 Å². The molecule has 1 nitrogen and oxygen atoms in total. The largest absolute Gasteiger partial charge is 0.313 e. The van der Waals surface area contributed by atoms with Crippen molar-refractivity contribution < 1.29 is 0 Å². The van der Waals surface area contributed by atoms with Gasteiger partial charge in [0.05, 0.1) is 0 Å². The predicted molar refractivity (Wildman–Crippen MR) is 74.3 cm³/mol. The normalized spacial score (nSPS) is 18.1. The Labute approximate surface area is 106 Å². The lowest BCUT2D eigenvalue weighted by atomic mass is 9.77. The standard InChI is InChI=1S/C16H25N/c1-5-17-15(16(2,3)4)14-10-12-8-6-7-9-13(12)11-14/h6-9,14-15,17H,5,10-11H2,1-4H3. The maximum Gasteiger partial charge on any atom is 0.0150 e. The van der Waals surface area contributed by atoms with Gasteiger partial charge in [0.1, 0.15) is 0 Å². The van der Waals surface area contributed by atoms with Gasteiger partial charge in [0, 0.05) is 6.04 Å². The van der Waals surface area contributed by atoms with Gasteiger partial charge in [0.2, 0.25) is 0 Å². The van der Waals surface area contributed by atoms with Crippen LogP contribution in [-0.4, -0.2) is 12.6 Å². The third-order valence-corrected chi connectivity index (χ3v) is 3.91. The van der Waals surface area contributed by atoms with Crippen LogP contribution in [0.1, 0.15) is 38.8 Å². The number of rotatable bonds is 3. The molecule has 1 heteroatoms. The van der Waals surface area contributed by atoms with E-state index in [-0.39, 0.29) is 0 Å². The molecule has 0 amide bonds. The molecule has 0 aromatic heterocycles. The highest BCUT2D eigenvalue weighted by molar-refractivity contribution is 5.32. The van der Waals surface area contributed by atoms with Crippen molar-refractivity contribution in [1.29, 1.82) is 0 Å². The van der Waals surface area contributed by atoms with Crippen molar-refractivity contribution in [2.24, 2.45) is 11.3 Å². The molecule has 0 radical (unpaired) electrons. The van der Waals surface area contributed by atoms with Crippen LogP contribution in [0.5, 0.6) is 0 Å². The van der Waals surface area contributed by atoms with Crippen molar-refractivity contribution in [1.82, 2.24) is 5.32 Å². The summed E-state index contributed by atoms with van der Waals surface area (Å²) >= 11 is 0. The highest BCUT2D eigenvalue weighted by atomic mass is 14.9. The van der Waals surface area contributed by atoms with Crippen LogP contribution < -0.4 is 5.32 Å². The lowest BCUT2D eigenvalue weighted by Gasteiger charge is -2.36. The lowest BCUT2D eigenvalue weighted by Crippen LogP contribution is -2.46. The minimum Gasteiger partial charge on any atom is -0.313 e. The Morgan fingerprint density at radius 3 is 2.12 bits per heavy atom. The van der Waals surface area contributed by atoms with Crippen molar-refractivity contribution in [3.05, 3.63) is 35.4 Å². The van der Waals surface area contributed by atoms with E-state index in [1.54, 1.807) is 11.1 Å². The fourth-order valence-corrected chi connectivity index (χ4v) is 3.23. The second-order valence-corrected chi connectivity index (χ2v) is 6.34. The van der Waals surface area contributed by atoms with Gasteiger partial charge in [-0.05, 0) is 41.8 Å². The molecule has 1 atom stereocenters. The number of hydrogen-bond acceptors (Lipinski definition) is 1. The third-order valence-electron chi connectivity index (χ3n) is 3.91. The molecule has 0 fully saturated rings. The fourth-order valence-electron chi connectivity index (χ4n) is 3.23. The zero-order valence-corrected chi connectivity index (χ0v) is 11.6. The Kier molecular flexibility index (Phi) is 3.58. The quantitative estimate of drug-likeness (QED) is 0.840. The second kappa shape index (κ2) is 4.81. The van der Waals surface area contributed by atoms with Gasteiger partial charge in [0.25, 0.3) is 0 Å². The monoisotopic (exact) mass is 231 g/mol. The van der Waals surface area contributed by atoms with Crippen molar-refractivity contribution in [3.63, 3.8) is 0 Å². The summed E-state index contributed by atoms with van der Waals surface area (Å²) in [6.07, 6.45) is 2.48. The van der Waals surface area contributed by atoms with Gasteiger partial charge in [-0.2, -0.15) is 0 Å². The first-order chi connectivity index (χ1) is 8.02. The second-order valence-electron chi connectivity index (χ2n) is 6.34. The summed E-state index contributed by atoms with van der Waals surface area (Å²) in [7, 11) is 0. The van der Waals surface area contributed by atoms with Gasteiger partial charge in [-0.3, -0.25) is 0 Å². The summed E-state index contributed by atoms with van der Waals surface area (Å²) in [5.41, 5.74) is 3.46. The van der Waals surface area contributed by atoms with Gasteiger partial charge in [0.15, 0.2) is 0 Å².